The SMILES string of the molecule is COc1c(C(=O)N2CCC(Cc3nccs3)C2)[nH]c2ccccc12. The lowest BCUT2D eigenvalue weighted by Crippen LogP contribution is -2.29. The number of carbonyl (C=O) groups excluding carboxylic acids is 1. The normalized spacial score (nSPS) is 17.5. The molecule has 124 valence electrons. The Kier molecular flexibility index (Phi) is 3.98. The van der Waals surface area contributed by atoms with E-state index >= 15 is 0 Å². The lowest BCUT2D eigenvalue weighted by molar-refractivity contribution is 0.0779. The lowest BCUT2D eigenvalue weighted by atomic mass is 10.1. The van der Waals surface area contributed by atoms with Gasteiger partial charge < -0.3 is 14.6 Å². The van der Waals surface area contributed by atoms with Crippen LogP contribution in [0, 0.1) is 5.92 Å². The number of fused-ring (bicyclic) bond motifs is 1. The molecule has 1 amide bonds. The number of hydrogen-bond donors (Lipinski definition) is 1. The molecule has 6 heteroatoms. The van der Waals surface area contributed by atoms with Crippen molar-refractivity contribution >= 4 is 28.1 Å². The summed E-state index contributed by atoms with van der Waals surface area (Å²) in [6.45, 7) is 1.56. The van der Waals surface area contributed by atoms with Crippen LogP contribution in [0.4, 0.5) is 0 Å². The Morgan fingerprint density at radius 2 is 2.33 bits per heavy atom. The fourth-order valence-electron chi connectivity index (χ4n) is 3.42. The molecule has 1 unspecified atom stereocenters. The molecule has 0 saturated carbocycles. The molecule has 1 aliphatic heterocycles. The van der Waals surface area contributed by atoms with Gasteiger partial charge >= 0.3 is 0 Å². The Hall–Kier alpha value is -2.34. The van der Waals surface area contributed by atoms with E-state index in [0.717, 1.165) is 41.8 Å². The molecule has 0 spiro atoms. The highest BCUT2D eigenvalue weighted by molar-refractivity contribution is 7.09. The Balaban J connectivity index is 1.54. The number of H-pyrrole nitrogens is 1. The number of amides is 1. The summed E-state index contributed by atoms with van der Waals surface area (Å²) in [5.74, 6) is 1.14. The number of aromatic amines is 1. The van der Waals surface area contributed by atoms with Crippen LogP contribution in [0.25, 0.3) is 10.9 Å². The van der Waals surface area contributed by atoms with Crippen LogP contribution in [0.1, 0.15) is 21.9 Å². The Labute approximate surface area is 144 Å². The van der Waals surface area contributed by atoms with Gasteiger partial charge in [0.05, 0.1) is 12.1 Å². The van der Waals surface area contributed by atoms with E-state index in [1.165, 1.54) is 0 Å². The number of nitrogens with zero attached hydrogens (tertiary/aromatic N) is 2. The molecule has 24 heavy (non-hydrogen) atoms. The number of hydrogen-bond acceptors (Lipinski definition) is 4. The maximum absolute atomic E-state index is 12.9. The largest absolute Gasteiger partial charge is 0.494 e. The maximum atomic E-state index is 12.9. The summed E-state index contributed by atoms with van der Waals surface area (Å²) < 4.78 is 5.50. The molecule has 3 heterocycles. The van der Waals surface area contributed by atoms with E-state index in [9.17, 15) is 4.79 Å². The zero-order valence-corrected chi connectivity index (χ0v) is 14.3. The molecule has 1 atom stereocenters. The van der Waals surface area contributed by atoms with Crippen LogP contribution in [0.5, 0.6) is 5.75 Å². The van der Waals surface area contributed by atoms with Gasteiger partial charge in [-0.2, -0.15) is 0 Å². The average molecular weight is 341 g/mol. The first-order valence-electron chi connectivity index (χ1n) is 8.08. The zero-order chi connectivity index (χ0) is 16.5. The number of nitrogens with one attached hydrogen (secondary N) is 1. The van der Waals surface area contributed by atoms with Gasteiger partial charge in [0.15, 0.2) is 5.75 Å². The molecular formula is C18H19N3O2S. The number of ether oxygens (including phenoxy) is 1. The molecule has 1 aliphatic rings. The second kappa shape index (κ2) is 6.28. The predicted octanol–water partition coefficient (Wildman–Crippen LogP) is 3.34. The number of thiazole rings is 1. The number of methoxy groups -OCH3 is 1. The Morgan fingerprint density at radius 1 is 1.46 bits per heavy atom. The third-order valence-corrected chi connectivity index (χ3v) is 5.40. The Morgan fingerprint density at radius 3 is 3.12 bits per heavy atom. The van der Waals surface area contributed by atoms with Crippen LogP contribution >= 0.6 is 11.3 Å². The summed E-state index contributed by atoms with van der Waals surface area (Å²) in [7, 11) is 1.61. The molecule has 1 N–H and O–H groups in total. The number of benzene rings is 1. The van der Waals surface area contributed by atoms with Crippen molar-refractivity contribution in [2.24, 2.45) is 5.92 Å². The van der Waals surface area contributed by atoms with Crippen LogP contribution in [0.15, 0.2) is 35.8 Å². The van der Waals surface area contributed by atoms with Crippen molar-refractivity contribution < 1.29 is 9.53 Å². The first-order chi connectivity index (χ1) is 11.8. The van der Waals surface area contributed by atoms with Gasteiger partial charge in [0.1, 0.15) is 5.69 Å². The van der Waals surface area contributed by atoms with Crippen LogP contribution in [-0.2, 0) is 6.42 Å². The van der Waals surface area contributed by atoms with Crippen molar-refractivity contribution in [1.82, 2.24) is 14.9 Å². The van der Waals surface area contributed by atoms with Gasteiger partial charge in [-0.3, -0.25) is 4.79 Å². The van der Waals surface area contributed by atoms with E-state index < -0.39 is 0 Å². The van der Waals surface area contributed by atoms with Crippen LogP contribution < -0.4 is 4.74 Å². The van der Waals surface area contributed by atoms with Crippen LogP contribution in [0.2, 0.25) is 0 Å². The van der Waals surface area contributed by atoms with Crippen molar-refractivity contribution in [3.05, 3.63) is 46.5 Å². The highest BCUT2D eigenvalue weighted by Crippen LogP contribution is 2.32. The lowest BCUT2D eigenvalue weighted by Gasteiger charge is -2.16. The molecule has 0 aliphatic carbocycles. The number of aromatic nitrogens is 2. The number of carbonyl (C=O) groups is 1. The van der Waals surface area contributed by atoms with Gasteiger partial charge in [0, 0.05) is 42.0 Å². The maximum Gasteiger partial charge on any atom is 0.274 e. The average Bonchev–Trinajstić information content (AvgIpc) is 3.33. The second-order valence-electron chi connectivity index (χ2n) is 6.11. The van der Waals surface area contributed by atoms with Gasteiger partial charge in [-0.1, -0.05) is 12.1 Å². The van der Waals surface area contributed by atoms with E-state index in [2.05, 4.69) is 9.97 Å². The quantitative estimate of drug-likeness (QED) is 0.792. The highest BCUT2D eigenvalue weighted by atomic mass is 32.1. The monoisotopic (exact) mass is 341 g/mol. The van der Waals surface area contributed by atoms with Gasteiger partial charge in [0.25, 0.3) is 5.91 Å². The van der Waals surface area contributed by atoms with E-state index in [1.54, 1.807) is 18.4 Å². The van der Waals surface area contributed by atoms with Crippen LogP contribution in [0.3, 0.4) is 0 Å². The second-order valence-corrected chi connectivity index (χ2v) is 7.09. The number of rotatable bonds is 4. The minimum Gasteiger partial charge on any atom is -0.494 e. The smallest absolute Gasteiger partial charge is 0.274 e. The van der Waals surface area contributed by atoms with E-state index in [1.807, 2.05) is 40.7 Å². The molecule has 1 fully saturated rings. The topological polar surface area (TPSA) is 58.2 Å². The predicted molar refractivity (Wildman–Crippen MR) is 94.7 cm³/mol. The standard InChI is InChI=1S/C18H19N3O2S/c1-23-17-13-4-2-3-5-14(13)20-16(17)18(22)21-8-6-12(11-21)10-15-19-7-9-24-15/h2-5,7,9,12,20H,6,8,10-11H2,1H3. The fourth-order valence-corrected chi connectivity index (χ4v) is 4.15. The third-order valence-electron chi connectivity index (χ3n) is 4.60. The van der Waals surface area contributed by atoms with Gasteiger partial charge in [0.2, 0.25) is 0 Å². The van der Waals surface area contributed by atoms with E-state index in [0.29, 0.717) is 17.4 Å². The molecule has 1 saturated heterocycles. The molecule has 0 bridgehead atoms. The van der Waals surface area contributed by atoms with Crippen molar-refractivity contribution in [2.75, 3.05) is 20.2 Å². The van der Waals surface area contributed by atoms with E-state index in [4.69, 9.17) is 4.74 Å². The molecule has 1 aromatic carbocycles. The van der Waals surface area contributed by atoms with Crippen molar-refractivity contribution in [3.8, 4) is 5.75 Å². The summed E-state index contributed by atoms with van der Waals surface area (Å²) in [5, 5.41) is 4.10. The first kappa shape index (κ1) is 15.2. The fraction of sp³-hybridized carbons (Fsp3) is 0.333. The van der Waals surface area contributed by atoms with Crippen molar-refractivity contribution in [3.63, 3.8) is 0 Å². The van der Waals surface area contributed by atoms with Gasteiger partial charge in [-0.05, 0) is 24.5 Å². The van der Waals surface area contributed by atoms with Crippen molar-refractivity contribution in [2.45, 2.75) is 12.8 Å². The molecule has 0 radical (unpaired) electrons. The van der Waals surface area contributed by atoms with Gasteiger partial charge in [-0.25, -0.2) is 4.98 Å². The summed E-state index contributed by atoms with van der Waals surface area (Å²) in [5.41, 5.74) is 1.48. The Bertz CT molecular complexity index is 856. The molecule has 3 aromatic rings. The van der Waals surface area contributed by atoms with Gasteiger partial charge in [-0.15, -0.1) is 11.3 Å². The summed E-state index contributed by atoms with van der Waals surface area (Å²) >= 11 is 1.68. The summed E-state index contributed by atoms with van der Waals surface area (Å²) in [6, 6.07) is 7.83. The summed E-state index contributed by atoms with van der Waals surface area (Å²) in [6.07, 6.45) is 3.81. The minimum absolute atomic E-state index is 0.0182. The van der Waals surface area contributed by atoms with Crippen molar-refractivity contribution in [1.29, 1.82) is 0 Å². The molecule has 5 nitrogen and oxygen atoms in total. The molecule has 4 rings (SSSR count). The minimum atomic E-state index is 0.0182. The summed E-state index contributed by atoms with van der Waals surface area (Å²) in [4.78, 5) is 22.4. The first-order valence-corrected chi connectivity index (χ1v) is 8.96. The van der Waals surface area contributed by atoms with E-state index in [-0.39, 0.29) is 5.91 Å². The highest BCUT2D eigenvalue weighted by Gasteiger charge is 2.30. The zero-order valence-electron chi connectivity index (χ0n) is 13.5. The van der Waals surface area contributed by atoms with Crippen LogP contribution in [-0.4, -0.2) is 41.0 Å². The molecule has 2 aromatic heterocycles. The molecular weight excluding hydrogens is 322 g/mol. The number of likely N-dealkylation sites (tertiary alicyclic amines) is 1. The number of para-hydroxylation sites is 1. The third kappa shape index (κ3) is 2.67.